The van der Waals surface area contributed by atoms with E-state index in [1.165, 1.54) is 30.8 Å². The Morgan fingerprint density at radius 1 is 1.36 bits per heavy atom. The monoisotopic (exact) mass is 342 g/mol. The van der Waals surface area contributed by atoms with E-state index in [1.807, 2.05) is 4.90 Å². The van der Waals surface area contributed by atoms with Crippen molar-refractivity contribution in [1.29, 1.82) is 0 Å². The third-order valence-electron chi connectivity index (χ3n) is 3.69. The molecule has 1 amide bonds. The molecule has 0 aromatic heterocycles. The highest BCUT2D eigenvalue weighted by molar-refractivity contribution is 8.15. The number of amidine groups is 1. The molecule has 2 aliphatic heterocycles. The predicted octanol–water partition coefficient (Wildman–Crippen LogP) is 1.44. The summed E-state index contributed by atoms with van der Waals surface area (Å²) in [6.45, 7) is 1.78. The van der Waals surface area contributed by atoms with Gasteiger partial charge in [-0.1, -0.05) is 23.9 Å². The van der Waals surface area contributed by atoms with E-state index in [0.29, 0.717) is 11.7 Å². The quantitative estimate of drug-likeness (QED) is 0.814. The first kappa shape index (κ1) is 15.5. The van der Waals surface area contributed by atoms with Gasteiger partial charge < -0.3 is 4.90 Å². The number of nitrogens with zero attached hydrogens (tertiary/aromatic N) is 2. The van der Waals surface area contributed by atoms with Crippen molar-refractivity contribution in [3.05, 3.63) is 35.6 Å². The Morgan fingerprint density at radius 3 is 2.68 bits per heavy atom. The number of thioether (sulfide) groups is 1. The molecule has 2 atom stereocenters. The van der Waals surface area contributed by atoms with Gasteiger partial charge in [-0.2, -0.15) is 4.99 Å². The second-order valence-corrected chi connectivity index (χ2v) is 8.83. The fraction of sp³-hybridized carbons (Fsp3) is 0.429. The van der Waals surface area contributed by atoms with Crippen molar-refractivity contribution in [3.63, 3.8) is 0 Å². The van der Waals surface area contributed by atoms with E-state index >= 15 is 0 Å². The van der Waals surface area contributed by atoms with Crippen LogP contribution in [0.4, 0.5) is 4.39 Å². The molecular formula is C14H15FN2O3S2. The Kier molecular flexibility index (Phi) is 3.98. The zero-order valence-corrected chi connectivity index (χ0v) is 13.5. The van der Waals surface area contributed by atoms with Crippen LogP contribution < -0.4 is 0 Å². The Bertz CT molecular complexity index is 731. The third kappa shape index (κ3) is 3.17. The van der Waals surface area contributed by atoms with E-state index in [0.717, 1.165) is 5.56 Å². The molecule has 0 radical (unpaired) electrons. The molecule has 2 aliphatic rings. The van der Waals surface area contributed by atoms with Gasteiger partial charge in [0.15, 0.2) is 15.0 Å². The molecule has 5 nitrogen and oxygen atoms in total. The van der Waals surface area contributed by atoms with E-state index in [4.69, 9.17) is 0 Å². The average Bonchev–Trinajstić information content (AvgIpc) is 2.85. The molecular weight excluding hydrogens is 327 g/mol. The number of sulfone groups is 1. The number of benzene rings is 1. The predicted molar refractivity (Wildman–Crippen MR) is 83.9 cm³/mol. The molecule has 3 rings (SSSR count). The number of amides is 1. The van der Waals surface area contributed by atoms with Crippen molar-refractivity contribution in [2.24, 2.45) is 4.99 Å². The van der Waals surface area contributed by atoms with Gasteiger partial charge in [-0.15, -0.1) is 0 Å². The molecule has 0 bridgehead atoms. The molecule has 0 N–H and O–H groups in total. The van der Waals surface area contributed by atoms with Crippen molar-refractivity contribution in [1.82, 2.24) is 4.90 Å². The molecule has 22 heavy (non-hydrogen) atoms. The summed E-state index contributed by atoms with van der Waals surface area (Å²) in [5, 5.41) is 0.463. The van der Waals surface area contributed by atoms with Crippen LogP contribution in [0.15, 0.2) is 29.3 Å². The van der Waals surface area contributed by atoms with E-state index < -0.39 is 9.84 Å². The summed E-state index contributed by atoms with van der Waals surface area (Å²) in [5.74, 6) is -0.449. The summed E-state index contributed by atoms with van der Waals surface area (Å²) in [7, 11) is -3.05. The average molecular weight is 342 g/mol. The molecule has 0 spiro atoms. The smallest absolute Gasteiger partial charge is 0.244 e. The lowest BCUT2D eigenvalue weighted by Crippen LogP contribution is -2.37. The first-order valence-electron chi connectivity index (χ1n) is 6.81. The molecule has 0 saturated carbocycles. The van der Waals surface area contributed by atoms with E-state index in [1.54, 1.807) is 12.1 Å². The zero-order valence-electron chi connectivity index (χ0n) is 11.9. The van der Waals surface area contributed by atoms with Crippen LogP contribution in [0.25, 0.3) is 0 Å². The number of rotatable bonds is 2. The van der Waals surface area contributed by atoms with E-state index in [9.17, 15) is 17.6 Å². The van der Waals surface area contributed by atoms with Crippen LogP contribution in [0.3, 0.4) is 0 Å². The van der Waals surface area contributed by atoms with Crippen molar-refractivity contribution >= 4 is 32.7 Å². The lowest BCUT2D eigenvalue weighted by molar-refractivity contribution is -0.115. The number of carbonyl (C=O) groups is 1. The van der Waals surface area contributed by atoms with Crippen molar-refractivity contribution in [2.75, 3.05) is 11.5 Å². The molecule has 2 fully saturated rings. The normalized spacial score (nSPS) is 28.1. The Labute approximate surface area is 132 Å². The first-order valence-corrected chi connectivity index (χ1v) is 9.51. The topological polar surface area (TPSA) is 66.8 Å². The van der Waals surface area contributed by atoms with Gasteiger partial charge >= 0.3 is 0 Å². The van der Waals surface area contributed by atoms with Crippen LogP contribution in [0.2, 0.25) is 0 Å². The maximum Gasteiger partial charge on any atom is 0.244 e. The molecule has 1 aromatic carbocycles. The van der Waals surface area contributed by atoms with Gasteiger partial charge in [0.05, 0.1) is 17.5 Å². The van der Waals surface area contributed by atoms with Gasteiger partial charge in [-0.3, -0.25) is 4.79 Å². The largest absolute Gasteiger partial charge is 0.342 e. The Morgan fingerprint density at radius 2 is 2.05 bits per heavy atom. The molecule has 1 aromatic rings. The number of hydrogen-bond acceptors (Lipinski definition) is 4. The minimum Gasteiger partial charge on any atom is -0.342 e. The van der Waals surface area contributed by atoms with Gasteiger partial charge in [0.25, 0.3) is 0 Å². The van der Waals surface area contributed by atoms with Crippen molar-refractivity contribution < 1.29 is 17.6 Å². The maximum atomic E-state index is 13.0. The van der Waals surface area contributed by atoms with E-state index in [-0.39, 0.29) is 34.5 Å². The van der Waals surface area contributed by atoms with E-state index in [2.05, 4.69) is 4.99 Å². The fourth-order valence-corrected chi connectivity index (χ4v) is 6.74. The van der Waals surface area contributed by atoms with Crippen LogP contribution in [-0.4, -0.2) is 47.2 Å². The van der Waals surface area contributed by atoms with Gasteiger partial charge in [-0.25, -0.2) is 12.8 Å². The Balaban J connectivity index is 1.89. The van der Waals surface area contributed by atoms with Crippen LogP contribution in [0, 0.1) is 5.82 Å². The lowest BCUT2D eigenvalue weighted by atomic mass is 10.1. The van der Waals surface area contributed by atoms with Crippen LogP contribution in [-0.2, 0) is 21.2 Å². The van der Waals surface area contributed by atoms with Crippen LogP contribution >= 0.6 is 11.8 Å². The number of fused-ring (bicyclic) bond motifs is 1. The summed E-state index contributed by atoms with van der Waals surface area (Å²) in [4.78, 5) is 17.1. The summed E-state index contributed by atoms with van der Waals surface area (Å²) < 4.78 is 36.6. The highest BCUT2D eigenvalue weighted by Crippen LogP contribution is 2.38. The fourth-order valence-electron chi connectivity index (χ4n) is 2.74. The van der Waals surface area contributed by atoms with Gasteiger partial charge in [-0.05, 0) is 17.7 Å². The van der Waals surface area contributed by atoms with Gasteiger partial charge in [0, 0.05) is 18.7 Å². The number of hydrogen-bond donors (Lipinski definition) is 0. The second-order valence-electron chi connectivity index (χ2n) is 5.47. The molecule has 2 heterocycles. The SMILES string of the molecule is CC(=O)N=C1S[C@@H]2CS(=O)(=O)C[C@H]2N1Cc1ccc(F)cc1. The second kappa shape index (κ2) is 5.66. The molecule has 118 valence electrons. The molecule has 0 aliphatic carbocycles. The third-order valence-corrected chi connectivity index (χ3v) is 6.94. The lowest BCUT2D eigenvalue weighted by Gasteiger charge is -2.24. The summed E-state index contributed by atoms with van der Waals surface area (Å²) in [5.41, 5.74) is 0.850. The van der Waals surface area contributed by atoms with Gasteiger partial charge in [0.2, 0.25) is 5.91 Å². The molecule has 0 unspecified atom stereocenters. The Hall–Kier alpha value is -1.41. The minimum absolute atomic E-state index is 0.0722. The van der Waals surface area contributed by atoms with Crippen LogP contribution in [0.5, 0.6) is 0 Å². The standard InChI is InChI=1S/C14H15FN2O3S2/c1-9(18)16-14-17(6-10-2-4-11(15)5-3-10)12-7-22(19,20)8-13(12)21-14/h2-5,12-13H,6-8H2,1H3/t12-,13-/m1/s1. The molecule has 2 saturated heterocycles. The highest BCUT2D eigenvalue weighted by atomic mass is 32.2. The minimum atomic E-state index is -3.05. The van der Waals surface area contributed by atoms with Crippen LogP contribution in [0.1, 0.15) is 12.5 Å². The highest BCUT2D eigenvalue weighted by Gasteiger charge is 2.48. The summed E-state index contributed by atoms with van der Waals surface area (Å²) in [6, 6.07) is 5.86. The summed E-state index contributed by atoms with van der Waals surface area (Å²) >= 11 is 1.34. The zero-order chi connectivity index (χ0) is 15.9. The number of carbonyl (C=O) groups excluding carboxylic acids is 1. The summed E-state index contributed by atoms with van der Waals surface area (Å²) in [6.07, 6.45) is 0. The number of halogens is 1. The first-order chi connectivity index (χ1) is 10.3. The van der Waals surface area contributed by atoms with Crippen molar-refractivity contribution in [3.8, 4) is 0 Å². The number of aliphatic imine (C=N–C) groups is 1. The van der Waals surface area contributed by atoms with Gasteiger partial charge in [0.1, 0.15) is 5.82 Å². The van der Waals surface area contributed by atoms with Crippen molar-refractivity contribution in [2.45, 2.75) is 24.8 Å². The molecule has 8 heteroatoms. The maximum absolute atomic E-state index is 13.0.